The van der Waals surface area contributed by atoms with Gasteiger partial charge in [-0.2, -0.15) is 0 Å². The van der Waals surface area contributed by atoms with E-state index in [1.165, 1.54) is 17.7 Å². The number of hydrogen-bond donors (Lipinski definition) is 0. The van der Waals surface area contributed by atoms with Crippen LogP contribution in [0.3, 0.4) is 0 Å². The zero-order valence-electron chi connectivity index (χ0n) is 6.59. The summed E-state index contributed by atoms with van der Waals surface area (Å²) in [6, 6.07) is 13.2. The van der Waals surface area contributed by atoms with Gasteiger partial charge in [-0.1, -0.05) is 35.9 Å². The van der Waals surface area contributed by atoms with Gasteiger partial charge in [-0.25, -0.2) is 0 Å². The maximum absolute atomic E-state index is 5.60. The van der Waals surface area contributed by atoms with E-state index in [1.54, 1.807) is 0 Å². The lowest BCUT2D eigenvalue weighted by Crippen LogP contribution is -1.96. The Morgan fingerprint density at radius 2 is 1.91 bits per heavy atom. The molecule has 11 heavy (non-hydrogen) atoms. The molecule has 2 heteroatoms. The number of halogens is 1. The van der Waals surface area contributed by atoms with Crippen molar-refractivity contribution in [2.45, 2.75) is 12.1 Å². The van der Waals surface area contributed by atoms with Crippen LogP contribution in [0.15, 0.2) is 30.3 Å². The standard InChI is InChI=1S/C9H13ClSi/c10-6-7-11-8-9-4-2-1-3-5-9/h1-5H,6-8,11H2. The normalized spacial score (nSPS) is 11.0. The molecular formula is C9H13ClSi. The Morgan fingerprint density at radius 1 is 1.18 bits per heavy atom. The van der Waals surface area contributed by atoms with Gasteiger partial charge in [-0.15, -0.1) is 11.6 Å². The van der Waals surface area contributed by atoms with Gasteiger partial charge in [0.1, 0.15) is 0 Å². The summed E-state index contributed by atoms with van der Waals surface area (Å²) in [6.45, 7) is 0. The second kappa shape index (κ2) is 5.39. The molecule has 0 aliphatic rings. The second-order valence-corrected chi connectivity index (χ2v) is 4.92. The molecule has 0 saturated carbocycles. The molecule has 1 aromatic carbocycles. The third-order valence-corrected chi connectivity index (χ3v) is 4.19. The van der Waals surface area contributed by atoms with Crippen molar-refractivity contribution in [3.05, 3.63) is 35.9 Å². The first-order chi connectivity index (χ1) is 5.43. The van der Waals surface area contributed by atoms with Crippen LogP contribution in [0.1, 0.15) is 5.56 Å². The zero-order valence-corrected chi connectivity index (χ0v) is 8.76. The molecule has 0 bridgehead atoms. The van der Waals surface area contributed by atoms with Crippen molar-refractivity contribution in [1.29, 1.82) is 0 Å². The van der Waals surface area contributed by atoms with Crippen LogP contribution in [0.5, 0.6) is 0 Å². The second-order valence-electron chi connectivity index (χ2n) is 2.63. The summed E-state index contributed by atoms with van der Waals surface area (Å²) >= 11 is 5.60. The van der Waals surface area contributed by atoms with E-state index >= 15 is 0 Å². The van der Waals surface area contributed by atoms with Crippen molar-refractivity contribution >= 4 is 21.1 Å². The Bertz CT molecular complexity index is 186. The van der Waals surface area contributed by atoms with Crippen LogP contribution < -0.4 is 0 Å². The largest absolute Gasteiger partial charge is 0.127 e. The summed E-state index contributed by atoms with van der Waals surface area (Å²) in [5, 5.41) is 0. The van der Waals surface area contributed by atoms with Crippen LogP contribution in [0.2, 0.25) is 6.04 Å². The van der Waals surface area contributed by atoms with Gasteiger partial charge >= 0.3 is 0 Å². The maximum atomic E-state index is 5.60. The molecule has 60 valence electrons. The van der Waals surface area contributed by atoms with Gasteiger partial charge in [-0.05, 0) is 12.1 Å². The minimum atomic E-state index is 0.0811. The highest BCUT2D eigenvalue weighted by Gasteiger charge is 1.90. The van der Waals surface area contributed by atoms with Crippen LogP contribution in [-0.2, 0) is 6.04 Å². The highest BCUT2D eigenvalue weighted by molar-refractivity contribution is 6.37. The molecule has 0 amide bonds. The molecule has 0 aliphatic heterocycles. The quantitative estimate of drug-likeness (QED) is 0.382. The van der Waals surface area contributed by atoms with Crippen molar-refractivity contribution in [2.75, 3.05) is 5.88 Å². The Morgan fingerprint density at radius 3 is 2.55 bits per heavy atom. The average Bonchev–Trinajstić information content (AvgIpc) is 2.07. The molecule has 0 aliphatic carbocycles. The Hall–Kier alpha value is -0.273. The minimum absolute atomic E-state index is 0.0811. The SMILES string of the molecule is ClCC[SiH2]Cc1ccccc1. The minimum Gasteiger partial charge on any atom is -0.127 e. The van der Waals surface area contributed by atoms with Crippen LogP contribution in [0, 0.1) is 0 Å². The van der Waals surface area contributed by atoms with Gasteiger partial charge in [0.25, 0.3) is 0 Å². The van der Waals surface area contributed by atoms with E-state index in [2.05, 4.69) is 30.3 Å². The molecule has 0 nitrogen and oxygen atoms in total. The molecule has 0 unspecified atom stereocenters. The summed E-state index contributed by atoms with van der Waals surface area (Å²) in [7, 11) is 0.0811. The smallest absolute Gasteiger partial charge is 0.0260 e. The molecule has 0 saturated heterocycles. The highest BCUT2D eigenvalue weighted by Crippen LogP contribution is 1.99. The van der Waals surface area contributed by atoms with Crippen molar-refractivity contribution in [3.8, 4) is 0 Å². The molecule has 1 rings (SSSR count). The summed E-state index contributed by atoms with van der Waals surface area (Å²) in [4.78, 5) is 0. The third-order valence-electron chi connectivity index (χ3n) is 1.69. The first kappa shape index (κ1) is 8.82. The van der Waals surface area contributed by atoms with Gasteiger partial charge in [-0.3, -0.25) is 0 Å². The third kappa shape index (κ3) is 3.59. The van der Waals surface area contributed by atoms with Gasteiger partial charge in [0.05, 0.1) is 0 Å². The Labute approximate surface area is 75.4 Å². The first-order valence-corrected chi connectivity index (χ1v) is 6.57. The van der Waals surface area contributed by atoms with E-state index in [9.17, 15) is 0 Å². The Kier molecular flexibility index (Phi) is 4.32. The molecule has 0 heterocycles. The molecule has 0 radical (unpaired) electrons. The number of rotatable bonds is 4. The fraction of sp³-hybridized carbons (Fsp3) is 0.333. The van der Waals surface area contributed by atoms with E-state index in [1.807, 2.05) is 0 Å². The van der Waals surface area contributed by atoms with Crippen molar-refractivity contribution < 1.29 is 0 Å². The van der Waals surface area contributed by atoms with Gasteiger partial charge in [0.2, 0.25) is 0 Å². The maximum Gasteiger partial charge on any atom is 0.0260 e. The van der Waals surface area contributed by atoms with Crippen molar-refractivity contribution in [2.24, 2.45) is 0 Å². The van der Waals surface area contributed by atoms with E-state index in [0.29, 0.717) is 0 Å². The van der Waals surface area contributed by atoms with Crippen molar-refractivity contribution in [3.63, 3.8) is 0 Å². The van der Waals surface area contributed by atoms with Crippen LogP contribution in [-0.4, -0.2) is 15.4 Å². The zero-order chi connectivity index (χ0) is 7.94. The first-order valence-electron chi connectivity index (χ1n) is 4.03. The summed E-state index contributed by atoms with van der Waals surface area (Å²) in [6.07, 6.45) is 0. The van der Waals surface area contributed by atoms with Crippen LogP contribution in [0.4, 0.5) is 0 Å². The lowest BCUT2D eigenvalue weighted by molar-refractivity contribution is 1.33. The van der Waals surface area contributed by atoms with Gasteiger partial charge in [0, 0.05) is 15.4 Å². The van der Waals surface area contributed by atoms with E-state index in [4.69, 9.17) is 11.6 Å². The fourth-order valence-electron chi connectivity index (χ4n) is 1.07. The Balaban J connectivity index is 2.28. The molecule has 1 aromatic rings. The van der Waals surface area contributed by atoms with Gasteiger partial charge in [0.15, 0.2) is 0 Å². The van der Waals surface area contributed by atoms with E-state index in [0.717, 1.165) is 5.88 Å². The van der Waals surface area contributed by atoms with Gasteiger partial charge < -0.3 is 0 Å². The topological polar surface area (TPSA) is 0 Å². The lowest BCUT2D eigenvalue weighted by atomic mass is 10.2. The lowest BCUT2D eigenvalue weighted by Gasteiger charge is -1.96. The van der Waals surface area contributed by atoms with Crippen molar-refractivity contribution in [1.82, 2.24) is 0 Å². The highest BCUT2D eigenvalue weighted by atomic mass is 35.5. The molecular weight excluding hydrogens is 172 g/mol. The monoisotopic (exact) mass is 184 g/mol. The van der Waals surface area contributed by atoms with E-state index < -0.39 is 0 Å². The van der Waals surface area contributed by atoms with E-state index in [-0.39, 0.29) is 9.52 Å². The molecule has 0 aromatic heterocycles. The summed E-state index contributed by atoms with van der Waals surface area (Å²) in [5.41, 5.74) is 1.48. The molecule has 0 atom stereocenters. The number of alkyl halides is 1. The van der Waals surface area contributed by atoms with Crippen LogP contribution >= 0.6 is 11.6 Å². The summed E-state index contributed by atoms with van der Waals surface area (Å²) < 4.78 is 0. The van der Waals surface area contributed by atoms with Crippen LogP contribution in [0.25, 0.3) is 0 Å². The fourth-order valence-corrected chi connectivity index (χ4v) is 2.82. The molecule has 0 spiro atoms. The summed E-state index contributed by atoms with van der Waals surface area (Å²) in [5.74, 6) is 0.846. The predicted octanol–water partition coefficient (Wildman–Crippen LogP) is 2.01. The molecule has 0 N–H and O–H groups in total. The average molecular weight is 185 g/mol. The predicted molar refractivity (Wildman–Crippen MR) is 54.2 cm³/mol. The molecule has 0 fully saturated rings. The number of hydrogen-bond acceptors (Lipinski definition) is 0. The number of benzene rings is 1.